The van der Waals surface area contributed by atoms with Gasteiger partial charge in [-0.3, -0.25) is 0 Å². The van der Waals surface area contributed by atoms with Gasteiger partial charge < -0.3 is 5.32 Å². The van der Waals surface area contributed by atoms with E-state index in [2.05, 4.69) is 23.0 Å². The summed E-state index contributed by atoms with van der Waals surface area (Å²) in [6, 6.07) is 7.15. The molecule has 1 heterocycles. The lowest BCUT2D eigenvalue weighted by Gasteiger charge is -2.16. The summed E-state index contributed by atoms with van der Waals surface area (Å²) in [6.07, 6.45) is 0.681. The minimum atomic E-state index is -0.124. The summed E-state index contributed by atoms with van der Waals surface area (Å²) in [4.78, 5) is 0. The summed E-state index contributed by atoms with van der Waals surface area (Å²) in [7, 11) is 1.92. The largest absolute Gasteiger partial charge is 0.313 e. The van der Waals surface area contributed by atoms with Gasteiger partial charge in [0.15, 0.2) is 0 Å². The van der Waals surface area contributed by atoms with Crippen LogP contribution in [0.25, 0.3) is 0 Å². The average Bonchev–Trinajstić information content (AvgIpc) is 2.75. The number of benzene rings is 1. The Bertz CT molecular complexity index is 492. The Morgan fingerprint density at radius 3 is 2.65 bits per heavy atom. The van der Waals surface area contributed by atoms with Crippen LogP contribution in [0, 0.1) is 12.7 Å². The van der Waals surface area contributed by atoms with Gasteiger partial charge in [0, 0.05) is 6.04 Å². The van der Waals surface area contributed by atoms with E-state index in [4.69, 9.17) is 0 Å². The molecule has 2 rings (SSSR count). The highest BCUT2D eigenvalue weighted by molar-refractivity contribution is 7.08. The predicted octanol–water partition coefficient (Wildman–Crippen LogP) is 3.70. The number of thiophene rings is 1. The van der Waals surface area contributed by atoms with E-state index in [1.54, 1.807) is 17.4 Å². The molecule has 0 aliphatic carbocycles. The average molecular weight is 249 g/mol. The first kappa shape index (κ1) is 12.3. The van der Waals surface area contributed by atoms with Crippen LogP contribution in [0.1, 0.15) is 22.7 Å². The van der Waals surface area contributed by atoms with E-state index in [1.807, 2.05) is 19.2 Å². The Kier molecular flexibility index (Phi) is 3.92. The monoisotopic (exact) mass is 249 g/mol. The van der Waals surface area contributed by atoms with Crippen LogP contribution in [-0.2, 0) is 6.42 Å². The van der Waals surface area contributed by atoms with Crippen molar-refractivity contribution in [3.05, 3.63) is 57.5 Å². The van der Waals surface area contributed by atoms with Crippen molar-refractivity contribution in [1.29, 1.82) is 0 Å². The molecule has 90 valence electrons. The van der Waals surface area contributed by atoms with Gasteiger partial charge in [-0.1, -0.05) is 18.2 Å². The van der Waals surface area contributed by atoms with Crippen molar-refractivity contribution in [2.24, 2.45) is 0 Å². The van der Waals surface area contributed by atoms with Crippen LogP contribution in [0.2, 0.25) is 0 Å². The molecule has 0 radical (unpaired) electrons. The molecule has 2 aromatic rings. The molecule has 0 bridgehead atoms. The summed E-state index contributed by atoms with van der Waals surface area (Å²) < 4.78 is 13.6. The Morgan fingerprint density at radius 1 is 1.29 bits per heavy atom. The summed E-state index contributed by atoms with van der Waals surface area (Å²) in [5.41, 5.74) is 3.30. The van der Waals surface area contributed by atoms with Crippen molar-refractivity contribution in [1.82, 2.24) is 5.32 Å². The Morgan fingerprint density at radius 2 is 2.06 bits per heavy atom. The fourth-order valence-electron chi connectivity index (χ4n) is 1.98. The van der Waals surface area contributed by atoms with Crippen molar-refractivity contribution in [3.63, 3.8) is 0 Å². The lowest BCUT2D eigenvalue weighted by Crippen LogP contribution is -2.19. The number of likely N-dealkylation sites (N-methyl/N-ethyl adjacent to an activating group) is 1. The van der Waals surface area contributed by atoms with Gasteiger partial charge >= 0.3 is 0 Å². The van der Waals surface area contributed by atoms with Crippen LogP contribution in [0.15, 0.2) is 35.0 Å². The van der Waals surface area contributed by atoms with Crippen molar-refractivity contribution < 1.29 is 4.39 Å². The molecule has 1 nitrogen and oxygen atoms in total. The molecule has 0 aliphatic rings. The number of hydrogen-bond acceptors (Lipinski definition) is 2. The van der Waals surface area contributed by atoms with E-state index in [-0.39, 0.29) is 11.9 Å². The van der Waals surface area contributed by atoms with Crippen LogP contribution in [0.4, 0.5) is 4.39 Å². The first-order chi connectivity index (χ1) is 8.22. The van der Waals surface area contributed by atoms with Gasteiger partial charge in [0.1, 0.15) is 5.82 Å². The molecule has 3 heteroatoms. The molecule has 0 aliphatic heterocycles. The summed E-state index contributed by atoms with van der Waals surface area (Å²) in [6.45, 7) is 2.09. The molecule has 0 amide bonds. The second kappa shape index (κ2) is 5.43. The van der Waals surface area contributed by atoms with Crippen molar-refractivity contribution in [3.8, 4) is 0 Å². The number of hydrogen-bond donors (Lipinski definition) is 1. The van der Waals surface area contributed by atoms with Gasteiger partial charge in [0.25, 0.3) is 0 Å². The van der Waals surface area contributed by atoms with E-state index >= 15 is 0 Å². The van der Waals surface area contributed by atoms with Gasteiger partial charge in [-0.2, -0.15) is 11.3 Å². The summed E-state index contributed by atoms with van der Waals surface area (Å²) >= 11 is 1.69. The van der Waals surface area contributed by atoms with Crippen LogP contribution in [0.3, 0.4) is 0 Å². The Hall–Kier alpha value is -1.19. The van der Waals surface area contributed by atoms with Crippen LogP contribution < -0.4 is 5.32 Å². The van der Waals surface area contributed by atoms with Gasteiger partial charge in [0.05, 0.1) is 0 Å². The zero-order valence-corrected chi connectivity index (χ0v) is 10.9. The van der Waals surface area contributed by atoms with E-state index < -0.39 is 0 Å². The van der Waals surface area contributed by atoms with E-state index in [0.717, 1.165) is 5.56 Å². The number of aryl methyl sites for hydroxylation is 1. The van der Waals surface area contributed by atoms with Crippen LogP contribution in [0.5, 0.6) is 0 Å². The third-order valence-electron chi connectivity index (χ3n) is 3.00. The van der Waals surface area contributed by atoms with Crippen molar-refractivity contribution >= 4 is 11.3 Å². The zero-order chi connectivity index (χ0) is 12.3. The molecule has 0 spiro atoms. The third kappa shape index (κ3) is 2.73. The highest BCUT2D eigenvalue weighted by atomic mass is 32.1. The van der Waals surface area contributed by atoms with Gasteiger partial charge in [-0.05, 0) is 53.9 Å². The quantitative estimate of drug-likeness (QED) is 0.871. The zero-order valence-electron chi connectivity index (χ0n) is 10.0. The maximum Gasteiger partial charge on any atom is 0.126 e. The molecule has 0 saturated carbocycles. The predicted molar refractivity (Wildman–Crippen MR) is 71.0 cm³/mol. The van der Waals surface area contributed by atoms with Gasteiger partial charge in [-0.15, -0.1) is 0 Å². The highest BCUT2D eigenvalue weighted by Crippen LogP contribution is 2.25. The first-order valence-corrected chi connectivity index (χ1v) is 6.60. The number of halogens is 1. The van der Waals surface area contributed by atoms with Gasteiger partial charge in [0.2, 0.25) is 0 Å². The lowest BCUT2D eigenvalue weighted by molar-refractivity contribution is 0.554. The maximum atomic E-state index is 13.6. The van der Waals surface area contributed by atoms with Crippen LogP contribution >= 0.6 is 11.3 Å². The Balaban J connectivity index is 2.22. The molecule has 1 N–H and O–H groups in total. The molecular weight excluding hydrogens is 233 g/mol. The second-order valence-electron chi connectivity index (χ2n) is 4.15. The van der Waals surface area contributed by atoms with Crippen LogP contribution in [-0.4, -0.2) is 7.05 Å². The molecule has 1 unspecified atom stereocenters. The topological polar surface area (TPSA) is 12.0 Å². The summed E-state index contributed by atoms with van der Waals surface area (Å²) in [5, 5.41) is 7.52. The second-order valence-corrected chi connectivity index (χ2v) is 4.89. The number of nitrogens with one attached hydrogen (secondary N) is 1. The van der Waals surface area contributed by atoms with E-state index in [1.165, 1.54) is 17.2 Å². The smallest absolute Gasteiger partial charge is 0.126 e. The normalized spacial score (nSPS) is 12.6. The summed E-state index contributed by atoms with van der Waals surface area (Å²) in [5.74, 6) is -0.124. The maximum absolute atomic E-state index is 13.6. The van der Waals surface area contributed by atoms with E-state index in [0.29, 0.717) is 6.42 Å². The molecule has 0 saturated heterocycles. The molecule has 1 aromatic heterocycles. The SMILES string of the molecule is CNC(Cc1ccccc1F)c1cscc1C. The van der Waals surface area contributed by atoms with E-state index in [9.17, 15) is 4.39 Å². The van der Waals surface area contributed by atoms with Crippen molar-refractivity contribution in [2.75, 3.05) is 7.05 Å². The molecular formula is C14H16FNS. The highest BCUT2D eigenvalue weighted by Gasteiger charge is 2.14. The molecule has 1 aromatic carbocycles. The molecule has 17 heavy (non-hydrogen) atoms. The molecule has 1 atom stereocenters. The fourth-order valence-corrected chi connectivity index (χ4v) is 2.88. The van der Waals surface area contributed by atoms with Gasteiger partial charge in [-0.25, -0.2) is 4.39 Å². The standard InChI is InChI=1S/C14H16FNS/c1-10-8-17-9-12(10)14(16-2)7-11-5-3-4-6-13(11)15/h3-6,8-9,14,16H,7H2,1-2H3. The fraction of sp³-hybridized carbons (Fsp3) is 0.286. The Labute approximate surface area is 105 Å². The first-order valence-electron chi connectivity index (χ1n) is 5.65. The third-order valence-corrected chi connectivity index (χ3v) is 3.88. The van der Waals surface area contributed by atoms with Crippen molar-refractivity contribution in [2.45, 2.75) is 19.4 Å². The lowest BCUT2D eigenvalue weighted by atomic mass is 9.98. The molecule has 0 fully saturated rings. The minimum absolute atomic E-state index is 0.124. The minimum Gasteiger partial charge on any atom is -0.313 e. The number of rotatable bonds is 4.